The molecule has 1 N–H and O–H groups in total. The third-order valence-electron chi connectivity index (χ3n) is 5.01. The van der Waals surface area contributed by atoms with Crippen molar-refractivity contribution >= 4 is 0 Å². The van der Waals surface area contributed by atoms with Crippen LogP contribution in [0, 0.1) is 5.92 Å². The first-order valence-corrected chi connectivity index (χ1v) is 7.80. The number of ether oxygens (including phenoxy) is 3. The zero-order valence-corrected chi connectivity index (χ0v) is 11.7. The van der Waals surface area contributed by atoms with Crippen LogP contribution in [-0.2, 0) is 14.2 Å². The van der Waals surface area contributed by atoms with Gasteiger partial charge in [0.05, 0.1) is 17.8 Å². The van der Waals surface area contributed by atoms with Crippen molar-refractivity contribution in [3.05, 3.63) is 0 Å². The highest BCUT2D eigenvalue weighted by atomic mass is 16.5. The van der Waals surface area contributed by atoms with Gasteiger partial charge in [-0.25, -0.2) is 0 Å². The van der Waals surface area contributed by atoms with Crippen molar-refractivity contribution in [3.63, 3.8) is 0 Å². The first-order valence-electron chi connectivity index (χ1n) is 7.80. The average molecular weight is 270 g/mol. The van der Waals surface area contributed by atoms with Crippen molar-refractivity contribution in [1.82, 2.24) is 0 Å². The lowest BCUT2D eigenvalue weighted by molar-refractivity contribution is -0.173. The maximum Gasteiger partial charge on any atom is 0.0836 e. The molecule has 0 bridgehead atoms. The lowest BCUT2D eigenvalue weighted by Gasteiger charge is -2.45. The van der Waals surface area contributed by atoms with Crippen molar-refractivity contribution in [2.75, 3.05) is 26.4 Å². The predicted octanol–water partition coefficient (Wildman–Crippen LogP) is 1.89. The maximum absolute atomic E-state index is 10.6. The molecule has 3 unspecified atom stereocenters. The van der Waals surface area contributed by atoms with E-state index in [0.717, 1.165) is 65.0 Å². The van der Waals surface area contributed by atoms with Gasteiger partial charge in [0.25, 0.3) is 0 Å². The highest BCUT2D eigenvalue weighted by Crippen LogP contribution is 2.39. The van der Waals surface area contributed by atoms with Gasteiger partial charge in [-0.15, -0.1) is 0 Å². The molecule has 3 aliphatic heterocycles. The van der Waals surface area contributed by atoms with Gasteiger partial charge in [0.1, 0.15) is 0 Å². The second-order valence-corrected chi connectivity index (χ2v) is 6.29. The third kappa shape index (κ3) is 3.13. The molecule has 3 fully saturated rings. The van der Waals surface area contributed by atoms with Gasteiger partial charge in [-0.05, 0) is 50.9 Å². The summed E-state index contributed by atoms with van der Waals surface area (Å²) in [6, 6.07) is 0. The van der Waals surface area contributed by atoms with Crippen molar-refractivity contribution < 1.29 is 19.3 Å². The van der Waals surface area contributed by atoms with Crippen LogP contribution in [0.5, 0.6) is 0 Å². The molecule has 19 heavy (non-hydrogen) atoms. The Morgan fingerprint density at radius 1 is 1.00 bits per heavy atom. The Kier molecular flexibility index (Phi) is 4.42. The topological polar surface area (TPSA) is 47.9 Å². The van der Waals surface area contributed by atoms with Crippen molar-refractivity contribution in [2.24, 2.45) is 5.92 Å². The quantitative estimate of drug-likeness (QED) is 0.832. The Morgan fingerprint density at radius 3 is 2.58 bits per heavy atom. The standard InChI is InChI=1S/C15H26O4/c16-14(13-3-1-2-7-18-13)12-4-8-19-15(11-12)5-9-17-10-6-15/h12-14,16H,1-11H2. The normalized spacial score (nSPS) is 37.1. The molecule has 3 aliphatic rings. The van der Waals surface area contributed by atoms with Crippen LogP contribution in [-0.4, -0.2) is 49.3 Å². The molecule has 0 aromatic heterocycles. The Balaban J connectivity index is 1.60. The van der Waals surface area contributed by atoms with E-state index in [4.69, 9.17) is 14.2 Å². The third-order valence-corrected chi connectivity index (χ3v) is 5.01. The predicted molar refractivity (Wildman–Crippen MR) is 71.1 cm³/mol. The van der Waals surface area contributed by atoms with Crippen LogP contribution in [0.1, 0.15) is 44.9 Å². The van der Waals surface area contributed by atoms with E-state index in [1.165, 1.54) is 6.42 Å². The Morgan fingerprint density at radius 2 is 1.84 bits per heavy atom. The Labute approximate surface area is 115 Å². The molecule has 4 heteroatoms. The van der Waals surface area contributed by atoms with Crippen LogP contribution in [0.25, 0.3) is 0 Å². The summed E-state index contributed by atoms with van der Waals surface area (Å²) in [7, 11) is 0. The fraction of sp³-hybridized carbons (Fsp3) is 1.00. The van der Waals surface area contributed by atoms with E-state index >= 15 is 0 Å². The monoisotopic (exact) mass is 270 g/mol. The summed E-state index contributed by atoms with van der Waals surface area (Å²) < 4.78 is 17.2. The zero-order valence-electron chi connectivity index (χ0n) is 11.7. The van der Waals surface area contributed by atoms with Gasteiger partial charge in [-0.2, -0.15) is 0 Å². The average Bonchev–Trinajstić information content (AvgIpc) is 2.48. The molecule has 3 atom stereocenters. The van der Waals surface area contributed by atoms with Gasteiger partial charge in [0.15, 0.2) is 0 Å². The van der Waals surface area contributed by atoms with Crippen LogP contribution in [0.4, 0.5) is 0 Å². The minimum atomic E-state index is -0.316. The summed E-state index contributed by atoms with van der Waals surface area (Å²) in [4.78, 5) is 0. The summed E-state index contributed by atoms with van der Waals surface area (Å²) >= 11 is 0. The molecule has 3 heterocycles. The fourth-order valence-corrected chi connectivity index (χ4v) is 3.79. The molecule has 3 rings (SSSR count). The summed E-state index contributed by atoms with van der Waals surface area (Å²) in [5.74, 6) is 0.329. The SMILES string of the molecule is OC(C1CCOC2(CCOCC2)C1)C1CCCCO1. The summed E-state index contributed by atoms with van der Waals surface area (Å²) in [6.07, 6.45) is 6.94. The molecule has 0 aromatic carbocycles. The van der Waals surface area contributed by atoms with Crippen LogP contribution in [0.15, 0.2) is 0 Å². The molecular formula is C15H26O4. The molecule has 3 saturated heterocycles. The minimum Gasteiger partial charge on any atom is -0.390 e. The zero-order chi connectivity index (χ0) is 13.1. The lowest BCUT2D eigenvalue weighted by atomic mass is 9.77. The molecule has 0 aliphatic carbocycles. The second kappa shape index (κ2) is 6.08. The van der Waals surface area contributed by atoms with Gasteiger partial charge >= 0.3 is 0 Å². The lowest BCUT2D eigenvalue weighted by Crippen LogP contribution is -2.49. The van der Waals surface area contributed by atoms with Gasteiger partial charge in [0, 0.05) is 26.4 Å². The van der Waals surface area contributed by atoms with Crippen LogP contribution in [0.2, 0.25) is 0 Å². The van der Waals surface area contributed by atoms with Gasteiger partial charge < -0.3 is 19.3 Å². The van der Waals surface area contributed by atoms with Crippen molar-refractivity contribution in [3.8, 4) is 0 Å². The second-order valence-electron chi connectivity index (χ2n) is 6.29. The molecule has 4 nitrogen and oxygen atoms in total. The number of hydrogen-bond acceptors (Lipinski definition) is 4. The Bertz CT molecular complexity index is 276. The molecule has 0 aromatic rings. The largest absolute Gasteiger partial charge is 0.390 e. The number of hydrogen-bond donors (Lipinski definition) is 1. The van der Waals surface area contributed by atoms with Crippen molar-refractivity contribution in [1.29, 1.82) is 0 Å². The molecule has 0 amide bonds. The van der Waals surface area contributed by atoms with E-state index in [0.29, 0.717) is 5.92 Å². The number of aliphatic hydroxyl groups excluding tert-OH is 1. The van der Waals surface area contributed by atoms with Gasteiger partial charge in [0.2, 0.25) is 0 Å². The van der Waals surface area contributed by atoms with E-state index in [9.17, 15) is 5.11 Å². The maximum atomic E-state index is 10.6. The van der Waals surface area contributed by atoms with Crippen LogP contribution < -0.4 is 0 Å². The van der Waals surface area contributed by atoms with Gasteiger partial charge in [-0.3, -0.25) is 0 Å². The van der Waals surface area contributed by atoms with Crippen LogP contribution in [0.3, 0.4) is 0 Å². The number of aliphatic hydroxyl groups is 1. The summed E-state index contributed by atoms with van der Waals surface area (Å²) in [6.45, 7) is 3.17. The fourth-order valence-electron chi connectivity index (χ4n) is 3.79. The highest BCUT2D eigenvalue weighted by molar-refractivity contribution is 4.92. The van der Waals surface area contributed by atoms with Crippen molar-refractivity contribution in [2.45, 2.75) is 62.8 Å². The summed E-state index contributed by atoms with van der Waals surface area (Å²) in [5, 5.41) is 10.6. The first kappa shape index (κ1) is 13.8. The van der Waals surface area contributed by atoms with E-state index in [1.807, 2.05) is 0 Å². The molecule has 1 spiro atoms. The van der Waals surface area contributed by atoms with E-state index in [1.54, 1.807) is 0 Å². The minimum absolute atomic E-state index is 0.0309. The Hall–Kier alpha value is -0.160. The summed E-state index contributed by atoms with van der Waals surface area (Å²) in [5.41, 5.74) is -0.0309. The van der Waals surface area contributed by atoms with E-state index in [-0.39, 0.29) is 17.8 Å². The molecule has 0 saturated carbocycles. The molecular weight excluding hydrogens is 244 g/mol. The smallest absolute Gasteiger partial charge is 0.0836 e. The molecule has 0 radical (unpaired) electrons. The van der Waals surface area contributed by atoms with Crippen LogP contribution >= 0.6 is 0 Å². The first-order chi connectivity index (χ1) is 9.29. The highest BCUT2D eigenvalue weighted by Gasteiger charge is 2.42. The number of rotatable bonds is 2. The molecule has 110 valence electrons. The van der Waals surface area contributed by atoms with Gasteiger partial charge in [-0.1, -0.05) is 0 Å². The van der Waals surface area contributed by atoms with E-state index < -0.39 is 0 Å². The van der Waals surface area contributed by atoms with E-state index in [2.05, 4.69) is 0 Å².